The van der Waals surface area contributed by atoms with Crippen molar-refractivity contribution < 1.29 is 9.53 Å². The molecule has 0 aromatic heterocycles. The van der Waals surface area contributed by atoms with Crippen molar-refractivity contribution in [2.75, 3.05) is 0 Å². The summed E-state index contributed by atoms with van der Waals surface area (Å²) in [6.07, 6.45) is 16.9. The molecule has 1 aromatic rings. The maximum atomic E-state index is 12.8. The fraction of sp³-hybridized carbons (Fsp3) is 0.743. The number of hydrogen-bond donors (Lipinski definition) is 0. The maximum Gasteiger partial charge on any atom is 0.338 e. The van der Waals surface area contributed by atoms with Crippen LogP contribution in [-0.4, -0.2) is 12.1 Å². The van der Waals surface area contributed by atoms with E-state index in [4.69, 9.17) is 4.74 Å². The average molecular weight is 505 g/mol. The van der Waals surface area contributed by atoms with Gasteiger partial charge in [0.05, 0.1) is 5.56 Å². The van der Waals surface area contributed by atoms with Crippen molar-refractivity contribution in [2.45, 2.75) is 118 Å². The Morgan fingerprint density at radius 1 is 0.973 bits per heavy atom. The highest BCUT2D eigenvalue weighted by atomic mass is 16.5. The minimum absolute atomic E-state index is 0.0288. The summed E-state index contributed by atoms with van der Waals surface area (Å²) in [4.78, 5) is 12.8. The van der Waals surface area contributed by atoms with Gasteiger partial charge < -0.3 is 4.74 Å². The highest BCUT2D eigenvalue weighted by Crippen LogP contribution is 2.67. The van der Waals surface area contributed by atoms with Crippen LogP contribution in [0, 0.1) is 53.3 Å². The number of benzene rings is 1. The number of aryl methyl sites for hydroxylation is 1. The second-order valence-electron chi connectivity index (χ2n) is 14.4. The standard InChI is InChI=1S/C35H52O2/c1-23(2)8-7-9-25(4)30-16-17-31-29-15-14-27-22-28(37-33(36)26-12-10-24(3)11-13-26)18-20-34(27,5)32(29)19-21-35(30,31)6/h10-14,23,25,28-32H,7-9,15-22H2,1-6H3/t25-,28+,29?,30-,31?,32?,34+,35-/m1/s1. The second kappa shape index (κ2) is 10.5. The number of esters is 1. The first-order chi connectivity index (χ1) is 17.6. The molecule has 37 heavy (non-hydrogen) atoms. The van der Waals surface area contributed by atoms with Gasteiger partial charge in [0, 0.05) is 6.42 Å². The largest absolute Gasteiger partial charge is 0.458 e. The van der Waals surface area contributed by atoms with Crippen molar-refractivity contribution in [3.63, 3.8) is 0 Å². The van der Waals surface area contributed by atoms with Gasteiger partial charge in [0.25, 0.3) is 0 Å². The van der Waals surface area contributed by atoms with E-state index >= 15 is 0 Å². The van der Waals surface area contributed by atoms with E-state index in [2.05, 4.69) is 40.7 Å². The quantitative estimate of drug-likeness (QED) is 0.273. The van der Waals surface area contributed by atoms with Gasteiger partial charge in [-0.15, -0.1) is 0 Å². The molecule has 0 radical (unpaired) electrons. The SMILES string of the molecule is Cc1ccc(C(=O)O[C@H]2CC[C@@]3(C)C(=CCC4C3CC[C@@]3(C)C4CC[C@@H]3[C@H](C)CCCC(C)C)C2)cc1. The summed E-state index contributed by atoms with van der Waals surface area (Å²) in [6, 6.07) is 7.78. The van der Waals surface area contributed by atoms with Gasteiger partial charge in [0.15, 0.2) is 0 Å². The van der Waals surface area contributed by atoms with Gasteiger partial charge in [0.1, 0.15) is 6.10 Å². The van der Waals surface area contributed by atoms with Crippen molar-refractivity contribution in [3.05, 3.63) is 47.0 Å². The van der Waals surface area contributed by atoms with Crippen LogP contribution in [0.1, 0.15) is 121 Å². The van der Waals surface area contributed by atoms with Gasteiger partial charge in [-0.1, -0.05) is 83.2 Å². The van der Waals surface area contributed by atoms with Gasteiger partial charge in [-0.2, -0.15) is 0 Å². The molecule has 1 aromatic carbocycles. The maximum absolute atomic E-state index is 12.8. The Labute approximate surface area is 227 Å². The summed E-state index contributed by atoms with van der Waals surface area (Å²) >= 11 is 0. The first-order valence-electron chi connectivity index (χ1n) is 15.6. The van der Waals surface area contributed by atoms with Crippen molar-refractivity contribution in [1.82, 2.24) is 0 Å². The molecule has 0 bridgehead atoms. The molecule has 3 fully saturated rings. The molecule has 8 atom stereocenters. The summed E-state index contributed by atoms with van der Waals surface area (Å²) in [6.45, 7) is 14.6. The van der Waals surface area contributed by atoms with Crippen LogP contribution in [-0.2, 0) is 4.74 Å². The Kier molecular flexibility index (Phi) is 7.69. The van der Waals surface area contributed by atoms with Crippen LogP contribution in [0.5, 0.6) is 0 Å². The summed E-state index contributed by atoms with van der Waals surface area (Å²) in [5, 5.41) is 0. The van der Waals surface area contributed by atoms with E-state index in [0.29, 0.717) is 16.4 Å². The zero-order chi connectivity index (χ0) is 26.4. The summed E-state index contributed by atoms with van der Waals surface area (Å²) in [5.74, 6) is 5.03. The van der Waals surface area contributed by atoms with Gasteiger partial charge in [0.2, 0.25) is 0 Å². The van der Waals surface area contributed by atoms with Crippen molar-refractivity contribution in [2.24, 2.45) is 46.3 Å². The van der Waals surface area contributed by atoms with Crippen molar-refractivity contribution in [1.29, 1.82) is 0 Å². The lowest BCUT2D eigenvalue weighted by Gasteiger charge is -2.58. The summed E-state index contributed by atoms with van der Waals surface area (Å²) in [5.41, 5.74) is 4.29. The van der Waals surface area contributed by atoms with E-state index in [9.17, 15) is 4.79 Å². The van der Waals surface area contributed by atoms with E-state index in [1.165, 1.54) is 63.4 Å². The molecule has 0 aliphatic heterocycles. The van der Waals surface area contributed by atoms with Crippen molar-refractivity contribution in [3.8, 4) is 0 Å². The Balaban J connectivity index is 1.25. The molecular weight excluding hydrogens is 452 g/mol. The molecule has 0 saturated heterocycles. The Morgan fingerprint density at radius 3 is 2.46 bits per heavy atom. The molecule has 204 valence electrons. The van der Waals surface area contributed by atoms with Crippen LogP contribution in [0.25, 0.3) is 0 Å². The Hall–Kier alpha value is -1.57. The number of carbonyl (C=O) groups excluding carboxylic acids is 1. The molecular formula is C35H52O2. The molecule has 3 saturated carbocycles. The molecule has 0 spiro atoms. The molecule has 4 aliphatic rings. The molecule has 0 heterocycles. The van der Waals surface area contributed by atoms with E-state index in [1.54, 1.807) is 5.57 Å². The number of rotatable bonds is 7. The third-order valence-electron chi connectivity index (χ3n) is 11.8. The van der Waals surface area contributed by atoms with Crippen LogP contribution < -0.4 is 0 Å². The van der Waals surface area contributed by atoms with Crippen LogP contribution in [0.3, 0.4) is 0 Å². The highest BCUT2D eigenvalue weighted by Gasteiger charge is 2.59. The van der Waals surface area contributed by atoms with Crippen LogP contribution in [0.2, 0.25) is 0 Å². The normalized spacial score (nSPS) is 37.8. The minimum atomic E-state index is -0.157. The van der Waals surface area contributed by atoms with E-state index in [0.717, 1.165) is 48.3 Å². The molecule has 0 amide bonds. The third kappa shape index (κ3) is 5.08. The van der Waals surface area contributed by atoms with E-state index in [1.807, 2.05) is 31.2 Å². The average Bonchev–Trinajstić information content (AvgIpc) is 3.21. The molecule has 5 rings (SSSR count). The number of carbonyl (C=O) groups is 1. The lowest BCUT2D eigenvalue weighted by atomic mass is 9.47. The fourth-order valence-electron chi connectivity index (χ4n) is 9.66. The predicted molar refractivity (Wildman–Crippen MR) is 153 cm³/mol. The number of hydrogen-bond acceptors (Lipinski definition) is 2. The summed E-state index contributed by atoms with van der Waals surface area (Å²) < 4.78 is 6.04. The van der Waals surface area contributed by atoms with Crippen LogP contribution >= 0.6 is 0 Å². The molecule has 3 unspecified atom stereocenters. The Bertz CT molecular complexity index is 989. The van der Waals surface area contributed by atoms with Gasteiger partial charge in [-0.05, 0) is 110 Å². The minimum Gasteiger partial charge on any atom is -0.458 e. The van der Waals surface area contributed by atoms with Crippen LogP contribution in [0.4, 0.5) is 0 Å². The zero-order valence-corrected chi connectivity index (χ0v) is 24.5. The highest BCUT2D eigenvalue weighted by molar-refractivity contribution is 5.89. The lowest BCUT2D eigenvalue weighted by Crippen LogP contribution is -2.51. The van der Waals surface area contributed by atoms with Crippen molar-refractivity contribution >= 4 is 5.97 Å². The lowest BCUT2D eigenvalue weighted by molar-refractivity contribution is -0.0594. The molecule has 4 aliphatic carbocycles. The number of fused-ring (bicyclic) bond motifs is 5. The number of allylic oxidation sites excluding steroid dienone is 1. The second-order valence-corrected chi connectivity index (χ2v) is 14.4. The third-order valence-corrected chi connectivity index (χ3v) is 11.8. The smallest absolute Gasteiger partial charge is 0.338 e. The first kappa shape index (κ1) is 27.0. The van der Waals surface area contributed by atoms with Crippen LogP contribution in [0.15, 0.2) is 35.9 Å². The summed E-state index contributed by atoms with van der Waals surface area (Å²) in [7, 11) is 0. The van der Waals surface area contributed by atoms with Gasteiger partial charge >= 0.3 is 5.97 Å². The number of ether oxygens (including phenoxy) is 1. The topological polar surface area (TPSA) is 26.3 Å². The predicted octanol–water partition coefficient (Wildman–Crippen LogP) is 9.56. The molecule has 2 heteroatoms. The van der Waals surface area contributed by atoms with E-state index < -0.39 is 0 Å². The first-order valence-corrected chi connectivity index (χ1v) is 15.6. The zero-order valence-electron chi connectivity index (χ0n) is 24.5. The molecule has 0 N–H and O–H groups in total. The molecule has 2 nitrogen and oxygen atoms in total. The van der Waals surface area contributed by atoms with E-state index in [-0.39, 0.29) is 12.1 Å². The monoisotopic (exact) mass is 504 g/mol. The van der Waals surface area contributed by atoms with Gasteiger partial charge in [-0.25, -0.2) is 4.79 Å². The Morgan fingerprint density at radius 2 is 1.73 bits per heavy atom. The fourth-order valence-corrected chi connectivity index (χ4v) is 9.66. The van der Waals surface area contributed by atoms with Gasteiger partial charge in [-0.3, -0.25) is 0 Å².